The second kappa shape index (κ2) is 7.49. The molecule has 0 saturated heterocycles. The van der Waals surface area contributed by atoms with Crippen molar-refractivity contribution in [2.75, 3.05) is 39.7 Å². The van der Waals surface area contributed by atoms with Crippen LogP contribution in [0.5, 0.6) is 5.75 Å². The van der Waals surface area contributed by atoms with E-state index in [0.717, 1.165) is 6.08 Å². The molecule has 0 unspecified atom stereocenters. The number of nitrogens with zero attached hydrogens (tertiary/aromatic N) is 1. The van der Waals surface area contributed by atoms with Crippen LogP contribution in [-0.2, 0) is 19.1 Å². The standard InChI is InChI=1S/C16H18N2O6/c1-18-6-7-24-13-5-4-10(8-11(13)15(18)20)17-12(16(21)23-3)9-14(19)22-2/h4-5,8-9,17H,6-7H2,1-3H3/b12-9+. The first-order valence-corrected chi connectivity index (χ1v) is 7.13. The molecule has 0 spiro atoms. The van der Waals surface area contributed by atoms with Crippen LogP contribution in [0.15, 0.2) is 30.0 Å². The number of benzene rings is 1. The van der Waals surface area contributed by atoms with Gasteiger partial charge < -0.3 is 24.4 Å². The van der Waals surface area contributed by atoms with E-state index < -0.39 is 11.9 Å². The summed E-state index contributed by atoms with van der Waals surface area (Å²) in [5, 5.41) is 2.76. The fraction of sp³-hybridized carbons (Fsp3) is 0.312. The van der Waals surface area contributed by atoms with Crippen molar-refractivity contribution < 1.29 is 28.6 Å². The Kier molecular flexibility index (Phi) is 5.41. The van der Waals surface area contributed by atoms with E-state index in [1.165, 1.54) is 14.2 Å². The Bertz CT molecular complexity index is 698. The van der Waals surface area contributed by atoms with Crippen molar-refractivity contribution in [1.29, 1.82) is 0 Å². The quantitative estimate of drug-likeness (QED) is 0.643. The summed E-state index contributed by atoms with van der Waals surface area (Å²) >= 11 is 0. The van der Waals surface area contributed by atoms with Crippen LogP contribution >= 0.6 is 0 Å². The minimum atomic E-state index is -0.741. The van der Waals surface area contributed by atoms with Crippen molar-refractivity contribution >= 4 is 23.5 Å². The number of anilines is 1. The molecule has 0 saturated carbocycles. The van der Waals surface area contributed by atoms with Gasteiger partial charge in [0, 0.05) is 12.7 Å². The molecular weight excluding hydrogens is 316 g/mol. The molecule has 8 nitrogen and oxygen atoms in total. The smallest absolute Gasteiger partial charge is 0.354 e. The minimum Gasteiger partial charge on any atom is -0.491 e. The van der Waals surface area contributed by atoms with Crippen molar-refractivity contribution in [3.05, 3.63) is 35.5 Å². The summed E-state index contributed by atoms with van der Waals surface area (Å²) in [6.07, 6.45) is 0.974. The first-order valence-electron chi connectivity index (χ1n) is 7.13. The van der Waals surface area contributed by atoms with Crippen LogP contribution in [-0.4, -0.2) is 57.2 Å². The molecule has 0 bridgehead atoms. The lowest BCUT2D eigenvalue weighted by molar-refractivity contribution is -0.138. The summed E-state index contributed by atoms with van der Waals surface area (Å²) in [6, 6.07) is 4.81. The summed E-state index contributed by atoms with van der Waals surface area (Å²) in [5.74, 6) is -1.18. The van der Waals surface area contributed by atoms with Crippen molar-refractivity contribution in [1.82, 2.24) is 4.90 Å². The van der Waals surface area contributed by atoms with Gasteiger partial charge in [-0.2, -0.15) is 0 Å². The molecule has 24 heavy (non-hydrogen) atoms. The fourth-order valence-corrected chi connectivity index (χ4v) is 2.09. The second-order valence-electron chi connectivity index (χ2n) is 4.98. The number of nitrogens with one attached hydrogen (secondary N) is 1. The molecule has 0 radical (unpaired) electrons. The van der Waals surface area contributed by atoms with E-state index in [2.05, 4.69) is 14.8 Å². The topological polar surface area (TPSA) is 94.2 Å². The van der Waals surface area contributed by atoms with Gasteiger partial charge in [-0.25, -0.2) is 9.59 Å². The largest absolute Gasteiger partial charge is 0.491 e. The normalized spacial score (nSPS) is 14.2. The van der Waals surface area contributed by atoms with Crippen LogP contribution in [0.25, 0.3) is 0 Å². The van der Waals surface area contributed by atoms with Crippen LogP contribution in [0.1, 0.15) is 10.4 Å². The van der Waals surface area contributed by atoms with E-state index >= 15 is 0 Å². The monoisotopic (exact) mass is 334 g/mol. The van der Waals surface area contributed by atoms with Gasteiger partial charge in [0.2, 0.25) is 0 Å². The highest BCUT2D eigenvalue weighted by Gasteiger charge is 2.22. The highest BCUT2D eigenvalue weighted by molar-refractivity contribution is 6.00. The van der Waals surface area contributed by atoms with Gasteiger partial charge in [0.25, 0.3) is 5.91 Å². The zero-order valence-corrected chi connectivity index (χ0v) is 13.6. The van der Waals surface area contributed by atoms with E-state index in [1.807, 2.05) is 0 Å². The van der Waals surface area contributed by atoms with E-state index in [4.69, 9.17) is 4.74 Å². The molecule has 0 aliphatic carbocycles. The predicted octanol–water partition coefficient (Wildman–Crippen LogP) is 0.793. The predicted molar refractivity (Wildman–Crippen MR) is 84.6 cm³/mol. The SMILES string of the molecule is COC(=O)/C=C(/Nc1ccc2c(c1)C(=O)N(C)CCO2)C(=O)OC. The van der Waals surface area contributed by atoms with Crippen molar-refractivity contribution in [3.8, 4) is 5.75 Å². The molecule has 1 heterocycles. The number of amides is 1. The van der Waals surface area contributed by atoms with Crippen LogP contribution < -0.4 is 10.1 Å². The molecule has 2 rings (SSSR count). The Balaban J connectivity index is 2.33. The first kappa shape index (κ1) is 17.3. The maximum Gasteiger partial charge on any atom is 0.354 e. The Morgan fingerprint density at radius 2 is 2.04 bits per heavy atom. The lowest BCUT2D eigenvalue weighted by Gasteiger charge is -2.14. The number of carbonyl (C=O) groups excluding carboxylic acids is 3. The Hall–Kier alpha value is -3.03. The molecule has 1 aliphatic heterocycles. The molecule has 0 atom stereocenters. The minimum absolute atomic E-state index is 0.111. The highest BCUT2D eigenvalue weighted by Crippen LogP contribution is 2.26. The number of rotatable bonds is 4. The molecule has 0 fully saturated rings. The van der Waals surface area contributed by atoms with Gasteiger partial charge in [0.05, 0.1) is 32.4 Å². The number of fused-ring (bicyclic) bond motifs is 1. The summed E-state index contributed by atoms with van der Waals surface area (Å²) in [7, 11) is 4.07. The number of ether oxygens (including phenoxy) is 3. The molecule has 1 N–H and O–H groups in total. The van der Waals surface area contributed by atoms with Gasteiger partial charge in [-0.05, 0) is 18.2 Å². The van der Waals surface area contributed by atoms with E-state index in [-0.39, 0.29) is 11.6 Å². The van der Waals surface area contributed by atoms with Crippen molar-refractivity contribution in [2.24, 2.45) is 0 Å². The molecule has 1 aromatic rings. The average Bonchev–Trinajstić information content (AvgIpc) is 2.73. The fourth-order valence-electron chi connectivity index (χ4n) is 2.09. The number of likely N-dealkylation sites (N-methyl/N-ethyl adjacent to an activating group) is 1. The number of hydrogen-bond acceptors (Lipinski definition) is 7. The third-order valence-corrected chi connectivity index (χ3v) is 3.39. The second-order valence-corrected chi connectivity index (χ2v) is 4.98. The zero-order valence-electron chi connectivity index (χ0n) is 13.6. The Morgan fingerprint density at radius 1 is 1.29 bits per heavy atom. The molecule has 0 aromatic heterocycles. The number of hydrogen-bond donors (Lipinski definition) is 1. The van der Waals surface area contributed by atoms with Crippen molar-refractivity contribution in [3.63, 3.8) is 0 Å². The Labute approximate surface area is 139 Å². The first-order chi connectivity index (χ1) is 11.5. The third-order valence-electron chi connectivity index (χ3n) is 3.39. The van der Waals surface area contributed by atoms with Gasteiger partial charge >= 0.3 is 11.9 Å². The maximum absolute atomic E-state index is 12.3. The van der Waals surface area contributed by atoms with Crippen LogP contribution in [0.4, 0.5) is 5.69 Å². The maximum atomic E-state index is 12.3. The highest BCUT2D eigenvalue weighted by atomic mass is 16.5. The number of esters is 2. The van der Waals surface area contributed by atoms with Gasteiger partial charge in [-0.1, -0.05) is 0 Å². The summed E-state index contributed by atoms with van der Waals surface area (Å²) in [4.78, 5) is 37.0. The molecule has 1 amide bonds. The van der Waals surface area contributed by atoms with E-state index in [9.17, 15) is 14.4 Å². The van der Waals surface area contributed by atoms with E-state index in [1.54, 1.807) is 30.1 Å². The lowest BCUT2D eigenvalue weighted by Crippen LogP contribution is -2.27. The van der Waals surface area contributed by atoms with Gasteiger partial charge in [0.15, 0.2) is 0 Å². The summed E-state index contributed by atoms with van der Waals surface area (Å²) in [5.41, 5.74) is 0.684. The van der Waals surface area contributed by atoms with Crippen LogP contribution in [0.3, 0.4) is 0 Å². The summed E-state index contributed by atoms with van der Waals surface area (Å²) in [6.45, 7) is 0.879. The van der Waals surface area contributed by atoms with Gasteiger partial charge in [-0.15, -0.1) is 0 Å². The van der Waals surface area contributed by atoms with Crippen LogP contribution in [0, 0.1) is 0 Å². The molecule has 1 aromatic carbocycles. The average molecular weight is 334 g/mol. The summed E-state index contributed by atoms with van der Waals surface area (Å²) < 4.78 is 14.7. The van der Waals surface area contributed by atoms with Gasteiger partial charge in [-0.3, -0.25) is 4.79 Å². The molecule has 8 heteroatoms. The van der Waals surface area contributed by atoms with Crippen molar-refractivity contribution in [2.45, 2.75) is 0 Å². The molecule has 128 valence electrons. The Morgan fingerprint density at radius 3 is 2.71 bits per heavy atom. The molecule has 1 aliphatic rings. The lowest BCUT2D eigenvalue weighted by atomic mass is 10.1. The number of carbonyl (C=O) groups is 3. The molecular formula is C16H18N2O6. The van der Waals surface area contributed by atoms with E-state index in [0.29, 0.717) is 30.2 Å². The number of methoxy groups -OCH3 is 2. The van der Waals surface area contributed by atoms with Crippen LogP contribution in [0.2, 0.25) is 0 Å². The zero-order chi connectivity index (χ0) is 17.7. The third kappa shape index (κ3) is 3.83. The van der Waals surface area contributed by atoms with Gasteiger partial charge in [0.1, 0.15) is 18.1 Å².